The molecule has 0 spiro atoms. The van der Waals surface area contributed by atoms with Crippen molar-refractivity contribution < 1.29 is 18.7 Å². The molecule has 7 nitrogen and oxygen atoms in total. The monoisotopic (exact) mass is 410 g/mol. The van der Waals surface area contributed by atoms with Crippen LogP contribution in [0.25, 0.3) is 23.1 Å². The van der Waals surface area contributed by atoms with Gasteiger partial charge in [-0.05, 0) is 35.9 Å². The lowest BCUT2D eigenvalue weighted by molar-refractivity contribution is -0.128. The molecule has 0 saturated carbocycles. The molecule has 8 heteroatoms. The van der Waals surface area contributed by atoms with Crippen LogP contribution in [0.5, 0.6) is 5.75 Å². The Balaban J connectivity index is 1.86. The van der Waals surface area contributed by atoms with Crippen molar-refractivity contribution in [2.24, 2.45) is 0 Å². The Bertz CT molecular complexity index is 1090. The SMILES string of the molecule is COc1c(C(=O)NCCC(=O)N(C)C)ccc2n[nH]c(/C=C/c3ccc(F)cc3)c12. The summed E-state index contributed by atoms with van der Waals surface area (Å²) in [5, 5.41) is 10.6. The van der Waals surface area contributed by atoms with Crippen LogP contribution >= 0.6 is 0 Å². The Morgan fingerprint density at radius 1 is 1.17 bits per heavy atom. The molecule has 0 bridgehead atoms. The van der Waals surface area contributed by atoms with E-state index in [-0.39, 0.29) is 30.6 Å². The van der Waals surface area contributed by atoms with Gasteiger partial charge < -0.3 is 15.0 Å². The quantitative estimate of drug-likeness (QED) is 0.627. The number of nitrogens with one attached hydrogen (secondary N) is 2. The Morgan fingerprint density at radius 3 is 2.57 bits per heavy atom. The number of fused-ring (bicyclic) bond motifs is 1. The van der Waals surface area contributed by atoms with E-state index in [9.17, 15) is 14.0 Å². The molecular formula is C22H23FN4O3. The van der Waals surface area contributed by atoms with Gasteiger partial charge in [-0.1, -0.05) is 18.2 Å². The largest absolute Gasteiger partial charge is 0.495 e. The van der Waals surface area contributed by atoms with Crippen molar-refractivity contribution in [1.29, 1.82) is 0 Å². The maximum absolute atomic E-state index is 13.1. The minimum absolute atomic E-state index is 0.0687. The molecule has 3 aromatic rings. The van der Waals surface area contributed by atoms with Crippen LogP contribution in [0.3, 0.4) is 0 Å². The molecule has 0 radical (unpaired) electrons. The first-order valence-corrected chi connectivity index (χ1v) is 9.37. The van der Waals surface area contributed by atoms with Crippen molar-refractivity contribution in [3.05, 3.63) is 59.0 Å². The highest BCUT2D eigenvalue weighted by Crippen LogP contribution is 2.32. The second-order valence-electron chi connectivity index (χ2n) is 6.86. The average Bonchev–Trinajstić information content (AvgIpc) is 3.15. The number of H-pyrrole nitrogens is 1. The van der Waals surface area contributed by atoms with Gasteiger partial charge in [-0.2, -0.15) is 5.10 Å². The van der Waals surface area contributed by atoms with Gasteiger partial charge in [0.05, 0.1) is 29.3 Å². The van der Waals surface area contributed by atoms with Crippen molar-refractivity contribution >= 4 is 34.9 Å². The number of aromatic nitrogens is 2. The molecule has 0 aliphatic rings. The van der Waals surface area contributed by atoms with Crippen molar-refractivity contribution in [3.8, 4) is 5.75 Å². The van der Waals surface area contributed by atoms with Crippen molar-refractivity contribution in [2.45, 2.75) is 6.42 Å². The fraction of sp³-hybridized carbons (Fsp3) is 0.227. The number of amides is 2. The molecule has 0 saturated heterocycles. The zero-order valence-electron chi connectivity index (χ0n) is 17.0. The number of carbonyl (C=O) groups is 2. The summed E-state index contributed by atoms with van der Waals surface area (Å²) in [7, 11) is 4.82. The molecule has 0 atom stereocenters. The second-order valence-corrected chi connectivity index (χ2v) is 6.86. The molecule has 0 fully saturated rings. The van der Waals surface area contributed by atoms with E-state index in [1.54, 1.807) is 44.4 Å². The highest BCUT2D eigenvalue weighted by molar-refractivity contribution is 6.05. The van der Waals surface area contributed by atoms with Crippen LogP contribution in [0.15, 0.2) is 36.4 Å². The van der Waals surface area contributed by atoms with Crippen molar-refractivity contribution in [2.75, 3.05) is 27.7 Å². The lowest BCUT2D eigenvalue weighted by Crippen LogP contribution is -2.30. The van der Waals surface area contributed by atoms with Crippen LogP contribution in [0, 0.1) is 5.82 Å². The van der Waals surface area contributed by atoms with E-state index in [4.69, 9.17) is 4.74 Å². The topological polar surface area (TPSA) is 87.3 Å². The minimum atomic E-state index is -0.338. The number of benzene rings is 2. The summed E-state index contributed by atoms with van der Waals surface area (Å²) in [4.78, 5) is 25.8. The van der Waals surface area contributed by atoms with Crippen LogP contribution < -0.4 is 10.1 Å². The molecule has 3 rings (SSSR count). The lowest BCUT2D eigenvalue weighted by atomic mass is 10.1. The lowest BCUT2D eigenvalue weighted by Gasteiger charge is -2.12. The van der Waals surface area contributed by atoms with Gasteiger partial charge in [0.25, 0.3) is 5.91 Å². The molecule has 2 aromatic carbocycles. The highest BCUT2D eigenvalue weighted by atomic mass is 19.1. The summed E-state index contributed by atoms with van der Waals surface area (Å²) in [5.74, 6) is -0.323. The zero-order valence-corrected chi connectivity index (χ0v) is 17.0. The van der Waals surface area contributed by atoms with Crippen LogP contribution in [0.4, 0.5) is 4.39 Å². The van der Waals surface area contributed by atoms with E-state index in [1.807, 2.05) is 6.08 Å². The number of ether oxygens (including phenoxy) is 1. The molecule has 2 amide bonds. The average molecular weight is 410 g/mol. The van der Waals surface area contributed by atoms with Gasteiger partial charge in [-0.3, -0.25) is 14.7 Å². The normalized spacial score (nSPS) is 11.1. The van der Waals surface area contributed by atoms with E-state index >= 15 is 0 Å². The van der Waals surface area contributed by atoms with Gasteiger partial charge in [-0.25, -0.2) is 4.39 Å². The molecule has 30 heavy (non-hydrogen) atoms. The molecular weight excluding hydrogens is 387 g/mol. The number of hydrogen-bond acceptors (Lipinski definition) is 4. The van der Waals surface area contributed by atoms with Crippen LogP contribution in [0.2, 0.25) is 0 Å². The number of carbonyl (C=O) groups excluding carboxylic acids is 2. The number of aromatic amines is 1. The maximum Gasteiger partial charge on any atom is 0.255 e. The summed E-state index contributed by atoms with van der Waals surface area (Å²) in [6.45, 7) is 0.222. The van der Waals surface area contributed by atoms with E-state index in [2.05, 4.69) is 15.5 Å². The summed E-state index contributed by atoms with van der Waals surface area (Å²) in [5.41, 5.74) is 2.46. The third-order valence-electron chi connectivity index (χ3n) is 4.59. The third kappa shape index (κ3) is 4.65. The van der Waals surface area contributed by atoms with Crippen LogP contribution in [0.1, 0.15) is 28.0 Å². The molecule has 0 unspecified atom stereocenters. The van der Waals surface area contributed by atoms with E-state index in [0.29, 0.717) is 27.9 Å². The summed E-state index contributed by atoms with van der Waals surface area (Å²) < 4.78 is 18.6. The molecule has 1 aromatic heterocycles. The van der Waals surface area contributed by atoms with E-state index in [0.717, 1.165) is 5.56 Å². The minimum Gasteiger partial charge on any atom is -0.495 e. The first-order chi connectivity index (χ1) is 14.4. The number of nitrogens with zero attached hydrogens (tertiary/aromatic N) is 2. The summed E-state index contributed by atoms with van der Waals surface area (Å²) in [6, 6.07) is 9.46. The van der Waals surface area contributed by atoms with Gasteiger partial charge in [-0.15, -0.1) is 0 Å². The number of halogens is 1. The standard InChI is InChI=1S/C22H23FN4O3/c1-27(2)19(28)12-13-24-22(29)16-9-11-18-20(21(16)30-3)17(25-26-18)10-6-14-4-7-15(23)8-5-14/h4-11H,12-13H2,1-3H3,(H,24,29)(H,25,26)/b10-6+. The highest BCUT2D eigenvalue weighted by Gasteiger charge is 2.19. The molecule has 156 valence electrons. The molecule has 0 aliphatic heterocycles. The Labute approximate surface area is 173 Å². The Kier molecular flexibility index (Phi) is 6.46. The predicted molar refractivity (Wildman–Crippen MR) is 114 cm³/mol. The van der Waals surface area contributed by atoms with Gasteiger partial charge >= 0.3 is 0 Å². The van der Waals surface area contributed by atoms with Crippen molar-refractivity contribution in [1.82, 2.24) is 20.4 Å². The van der Waals surface area contributed by atoms with Gasteiger partial charge in [0, 0.05) is 27.1 Å². The Morgan fingerprint density at radius 2 is 1.90 bits per heavy atom. The molecule has 0 aliphatic carbocycles. The number of rotatable bonds is 7. The summed E-state index contributed by atoms with van der Waals surface area (Å²) >= 11 is 0. The van der Waals surface area contributed by atoms with Crippen molar-refractivity contribution in [3.63, 3.8) is 0 Å². The smallest absolute Gasteiger partial charge is 0.255 e. The molecule has 2 N–H and O–H groups in total. The molecule has 1 heterocycles. The zero-order chi connectivity index (χ0) is 21.7. The Hall–Kier alpha value is -3.68. The summed E-state index contributed by atoms with van der Waals surface area (Å²) in [6.07, 6.45) is 3.81. The van der Waals surface area contributed by atoms with Crippen LogP contribution in [-0.2, 0) is 4.79 Å². The van der Waals surface area contributed by atoms with Gasteiger partial charge in [0.2, 0.25) is 5.91 Å². The first-order valence-electron chi connectivity index (χ1n) is 9.37. The second kappa shape index (κ2) is 9.21. The maximum atomic E-state index is 13.1. The number of methoxy groups -OCH3 is 1. The number of hydrogen-bond donors (Lipinski definition) is 2. The fourth-order valence-corrected chi connectivity index (χ4v) is 2.97. The predicted octanol–water partition coefficient (Wildman–Crippen LogP) is 3.09. The van der Waals surface area contributed by atoms with Crippen LogP contribution in [-0.4, -0.2) is 54.7 Å². The van der Waals surface area contributed by atoms with Gasteiger partial charge in [0.1, 0.15) is 11.6 Å². The fourth-order valence-electron chi connectivity index (χ4n) is 2.97. The third-order valence-corrected chi connectivity index (χ3v) is 4.59. The van der Waals surface area contributed by atoms with E-state index < -0.39 is 0 Å². The first kappa shape index (κ1) is 21.0. The van der Waals surface area contributed by atoms with E-state index in [1.165, 1.54) is 24.1 Å². The van der Waals surface area contributed by atoms with Gasteiger partial charge in [0.15, 0.2) is 0 Å².